The molecule has 0 atom stereocenters. The van der Waals surface area contributed by atoms with Gasteiger partial charge in [0.15, 0.2) is 0 Å². The molecule has 67 heavy (non-hydrogen) atoms. The summed E-state index contributed by atoms with van der Waals surface area (Å²) in [5, 5.41) is 20.0. The van der Waals surface area contributed by atoms with E-state index < -0.39 is 39.2 Å². The Morgan fingerprint density at radius 1 is 1.01 bits per heavy atom. The van der Waals surface area contributed by atoms with Crippen LogP contribution in [0.3, 0.4) is 0 Å². The van der Waals surface area contributed by atoms with Crippen LogP contribution in [0, 0.1) is 15.5 Å². The number of carbonyl (C=O) groups excluding carboxylic acids is 1. The number of nitrogens with one attached hydrogen (secondary N) is 4. The number of carbonyl (C=O) groups is 1. The minimum absolute atomic E-state index is 0.0919. The maximum Gasteiger partial charge on any atom is 0.240 e. The fourth-order valence-electron chi connectivity index (χ4n) is 9.68. The van der Waals surface area contributed by atoms with E-state index >= 15 is 0 Å². The standard InChI is InChI=1S/C47H58ClN10O7PS/c1-47(2)15-13-34(39(30-47)32-5-7-35(48)8-6-32)31-54-21-23-55(24-22-54)36-9-11-38(41(28-36)57-25-26-65-46-43(57)27-33-14-17-50-44(33)52-46)45(59)53-67(63,64)37-10-12-40(42(29-37)58(60)61)49-18-20-56-19-4-16-51-66(56,3)62/h5-12,14,17,27-29,49,51,62,66H,4,13,15-16,18-26,30-31H2,1-3H3,(H,50,52)(H,53,59). The number of fused-ring (bicyclic) bond motifs is 2. The van der Waals surface area contributed by atoms with Gasteiger partial charge >= 0.3 is 156 Å². The zero-order valence-corrected chi connectivity index (χ0v) is 40.6. The summed E-state index contributed by atoms with van der Waals surface area (Å²) >= 11 is 6.27. The number of halogens is 1. The number of aromatic amines is 1. The molecule has 356 valence electrons. The van der Waals surface area contributed by atoms with Gasteiger partial charge in [-0.1, -0.05) is 43.2 Å². The van der Waals surface area contributed by atoms with Crippen molar-refractivity contribution in [2.75, 3.05) is 93.8 Å². The third-order valence-corrected chi connectivity index (χ3v) is 17.6. The molecule has 3 aromatic carbocycles. The fraction of sp³-hybridized carbons (Fsp3) is 0.404. The van der Waals surface area contributed by atoms with Crippen molar-refractivity contribution in [1.82, 2.24) is 29.3 Å². The molecule has 0 bridgehead atoms. The van der Waals surface area contributed by atoms with Gasteiger partial charge in [0.2, 0.25) is 5.88 Å². The minimum Gasteiger partial charge on any atom is -0.474 e. The van der Waals surface area contributed by atoms with Gasteiger partial charge in [-0.2, -0.15) is 4.98 Å². The van der Waals surface area contributed by atoms with Crippen LogP contribution < -0.4 is 29.7 Å². The van der Waals surface area contributed by atoms with Crippen LogP contribution in [0.2, 0.25) is 5.02 Å². The molecule has 3 aliphatic heterocycles. The summed E-state index contributed by atoms with van der Waals surface area (Å²) in [5.74, 6) is -0.523. The number of hydrogen-bond donors (Lipinski definition) is 5. The third kappa shape index (κ3) is 10.3. The van der Waals surface area contributed by atoms with Gasteiger partial charge in [0.1, 0.15) is 17.9 Å². The maximum absolute atomic E-state index is 14.3. The average molecular weight is 974 g/mol. The van der Waals surface area contributed by atoms with Crippen LogP contribution in [0.4, 0.5) is 28.4 Å². The van der Waals surface area contributed by atoms with Crippen LogP contribution in [0.15, 0.2) is 89.5 Å². The number of rotatable bonds is 13. The van der Waals surface area contributed by atoms with Crippen molar-refractivity contribution < 1.29 is 27.8 Å². The van der Waals surface area contributed by atoms with Gasteiger partial charge in [-0.05, 0) is 78.3 Å². The summed E-state index contributed by atoms with van der Waals surface area (Å²) in [7, 11) is -7.38. The van der Waals surface area contributed by atoms with Gasteiger partial charge in [-0.3, -0.25) is 4.90 Å². The van der Waals surface area contributed by atoms with Crippen LogP contribution >= 0.6 is 19.4 Å². The molecule has 0 spiro atoms. The number of aromatic nitrogens is 2. The molecule has 5 aromatic rings. The summed E-state index contributed by atoms with van der Waals surface area (Å²) in [6.07, 6.45) is 5.84. The molecule has 2 saturated heterocycles. The molecule has 17 nitrogen and oxygen atoms in total. The maximum atomic E-state index is 14.3. The number of H-pyrrole nitrogens is 1. The van der Waals surface area contributed by atoms with Gasteiger partial charge in [0.25, 0.3) is 0 Å². The molecular weight excluding hydrogens is 915 g/mol. The topological polar surface area (TPSA) is 202 Å². The van der Waals surface area contributed by atoms with Crippen molar-refractivity contribution in [2.45, 2.75) is 44.4 Å². The Morgan fingerprint density at radius 3 is 2.57 bits per heavy atom. The van der Waals surface area contributed by atoms with Crippen LogP contribution in [-0.2, 0) is 10.0 Å². The molecule has 2 aromatic heterocycles. The molecule has 20 heteroatoms. The van der Waals surface area contributed by atoms with E-state index in [9.17, 15) is 28.2 Å². The number of piperazine rings is 1. The minimum atomic E-state index is -4.60. The van der Waals surface area contributed by atoms with Crippen molar-refractivity contribution in [3.63, 3.8) is 0 Å². The Balaban J connectivity index is 0.959. The second-order valence-electron chi connectivity index (χ2n) is 18.7. The van der Waals surface area contributed by atoms with Crippen LogP contribution in [0.1, 0.15) is 55.5 Å². The molecule has 0 unspecified atom stereocenters. The summed E-state index contributed by atoms with van der Waals surface area (Å²) in [6.45, 7) is 13.2. The smallest absolute Gasteiger partial charge is 0.240 e. The molecular formula is C47H58ClN10O7PS. The number of anilines is 4. The number of nitro groups is 1. The zero-order chi connectivity index (χ0) is 47.1. The van der Waals surface area contributed by atoms with E-state index in [1.807, 2.05) is 46.0 Å². The number of pyridine rings is 1. The second kappa shape index (κ2) is 19.0. The molecule has 0 saturated carbocycles. The number of nitro benzene ring substituents is 1. The first-order valence-electron chi connectivity index (χ1n) is 22.8. The van der Waals surface area contributed by atoms with E-state index in [2.05, 4.69) is 55.9 Å². The van der Waals surface area contributed by atoms with Crippen LogP contribution in [0.25, 0.3) is 16.6 Å². The van der Waals surface area contributed by atoms with Gasteiger partial charge in [-0.25, -0.2) is 0 Å². The first-order chi connectivity index (χ1) is 32.0. The molecule has 5 heterocycles. The average Bonchev–Trinajstić information content (AvgIpc) is 3.77. The number of hydrogen-bond acceptors (Lipinski definition) is 14. The SMILES string of the molecule is CC1(C)CCC(CN2CCN(c3ccc(C(=O)NS(=O)(=O)c4ccc(NCCN5CCCN[PH]5(C)O)c([N+](=O)[O-])c4)c(N4CCOc5nc6[nH]ccc6cc54)c3)CC2)=C(c2ccc(Cl)cc2)C1. The van der Waals surface area contributed by atoms with Crippen molar-refractivity contribution in [3.8, 4) is 5.88 Å². The summed E-state index contributed by atoms with van der Waals surface area (Å²) in [4.78, 5) is 50.8. The molecule has 4 aliphatic rings. The zero-order valence-electron chi connectivity index (χ0n) is 38.0. The van der Waals surface area contributed by atoms with Gasteiger partial charge in [0, 0.05) is 55.0 Å². The largest absolute Gasteiger partial charge is 0.474 e. The normalized spacial score (nSPS) is 19.4. The molecule has 5 N–H and O–H groups in total. The van der Waals surface area contributed by atoms with Crippen molar-refractivity contribution in [3.05, 3.63) is 111 Å². The predicted octanol–water partition coefficient (Wildman–Crippen LogP) is 7.38. The molecule has 1 aliphatic carbocycles. The molecule has 1 amide bonds. The van der Waals surface area contributed by atoms with Crippen molar-refractivity contribution >= 4 is 80.4 Å². The van der Waals surface area contributed by atoms with Crippen molar-refractivity contribution in [1.29, 1.82) is 0 Å². The monoisotopic (exact) mass is 972 g/mol. The van der Waals surface area contributed by atoms with E-state index in [0.29, 0.717) is 42.5 Å². The molecule has 9 rings (SSSR count). The van der Waals surface area contributed by atoms with E-state index in [4.69, 9.17) is 21.3 Å². The Hall–Kier alpha value is -5.33. The summed E-state index contributed by atoms with van der Waals surface area (Å²) < 4.78 is 38.1. The van der Waals surface area contributed by atoms with Crippen molar-refractivity contribution in [2.24, 2.45) is 5.41 Å². The summed E-state index contributed by atoms with van der Waals surface area (Å²) in [6, 6.07) is 20.9. The first kappa shape index (κ1) is 46.8. The fourth-order valence-corrected chi connectivity index (χ4v) is 12.8. The van der Waals surface area contributed by atoms with Crippen LogP contribution in [-0.4, -0.2) is 122 Å². The van der Waals surface area contributed by atoms with E-state index in [0.717, 1.165) is 87.1 Å². The Kier molecular flexibility index (Phi) is 13.3. The Bertz CT molecular complexity index is 2830. The predicted molar refractivity (Wildman–Crippen MR) is 267 cm³/mol. The number of ether oxygens (including phenoxy) is 1. The molecule has 0 radical (unpaired) electrons. The third-order valence-electron chi connectivity index (χ3n) is 13.5. The van der Waals surface area contributed by atoms with E-state index in [1.165, 1.54) is 28.8 Å². The number of amides is 1. The van der Waals surface area contributed by atoms with Gasteiger partial charge in [0.05, 0.1) is 12.2 Å². The Morgan fingerprint density at radius 2 is 1.81 bits per heavy atom. The molecule has 2 fully saturated rings. The number of benzene rings is 3. The number of sulfonamides is 1. The Labute approximate surface area is 396 Å². The van der Waals surface area contributed by atoms with Gasteiger partial charge < -0.3 is 19.5 Å². The van der Waals surface area contributed by atoms with Crippen LogP contribution in [0.5, 0.6) is 5.88 Å². The first-order valence-corrected chi connectivity index (χ1v) is 27.1. The van der Waals surface area contributed by atoms with E-state index in [1.54, 1.807) is 18.9 Å². The number of nitrogens with zero attached hydrogens (tertiary/aromatic N) is 6. The van der Waals surface area contributed by atoms with Gasteiger partial charge in [-0.15, -0.1) is 0 Å². The van der Waals surface area contributed by atoms with E-state index in [-0.39, 0.29) is 29.8 Å². The summed E-state index contributed by atoms with van der Waals surface area (Å²) in [5.41, 5.74) is 6.69. The quantitative estimate of drug-likeness (QED) is 0.0444. The second-order valence-corrected chi connectivity index (χ2v) is 23.9. The number of allylic oxidation sites excluding steroid dienone is 1.